The molecular weight excluding hydrogens is 268 g/mol. The first-order valence-electron chi connectivity index (χ1n) is 5.77. The number of aliphatic carboxylic acids is 1. The molecule has 0 fully saturated rings. The van der Waals surface area contributed by atoms with Gasteiger partial charge in [-0.3, -0.25) is 4.79 Å². The van der Waals surface area contributed by atoms with Crippen LogP contribution >= 0.6 is 0 Å². The lowest BCUT2D eigenvalue weighted by Crippen LogP contribution is -2.19. The van der Waals surface area contributed by atoms with Gasteiger partial charge in [-0.05, 0) is 18.1 Å². The molecule has 0 saturated heterocycles. The number of rotatable bonds is 3. The fourth-order valence-corrected chi connectivity index (χ4v) is 1.74. The number of benzene rings is 1. The Labute approximate surface area is 120 Å². The van der Waals surface area contributed by atoms with Crippen LogP contribution in [0.15, 0.2) is 18.2 Å². The van der Waals surface area contributed by atoms with Gasteiger partial charge in [0.15, 0.2) is 0 Å². The van der Waals surface area contributed by atoms with Crippen molar-refractivity contribution in [2.45, 2.75) is 12.8 Å². The summed E-state index contributed by atoms with van der Waals surface area (Å²) in [4.78, 5) is 10.7. The van der Waals surface area contributed by atoms with E-state index in [1.807, 2.05) is 0 Å². The zero-order valence-corrected chi connectivity index (χ0v) is 10.8. The van der Waals surface area contributed by atoms with E-state index in [0.717, 1.165) is 0 Å². The maximum atomic E-state index is 10.7. The van der Waals surface area contributed by atoms with Gasteiger partial charge in [-0.2, -0.15) is 21.0 Å². The number of hydrogen-bond donors (Lipinski definition) is 1. The summed E-state index contributed by atoms with van der Waals surface area (Å²) in [5.41, 5.74) is 0.182. The van der Waals surface area contributed by atoms with Crippen LogP contribution in [0.5, 0.6) is 0 Å². The van der Waals surface area contributed by atoms with Crippen molar-refractivity contribution in [2.75, 3.05) is 0 Å². The van der Waals surface area contributed by atoms with E-state index in [2.05, 4.69) is 0 Å². The zero-order chi connectivity index (χ0) is 15.8. The second-order valence-corrected chi connectivity index (χ2v) is 3.96. The van der Waals surface area contributed by atoms with E-state index in [1.165, 1.54) is 18.2 Å². The minimum absolute atomic E-state index is 0.0928. The van der Waals surface area contributed by atoms with E-state index in [9.17, 15) is 4.79 Å². The van der Waals surface area contributed by atoms with Crippen molar-refractivity contribution in [1.29, 1.82) is 21.0 Å². The molecule has 1 N–H and O–H groups in total. The van der Waals surface area contributed by atoms with Crippen molar-refractivity contribution < 1.29 is 9.90 Å². The van der Waals surface area contributed by atoms with Gasteiger partial charge >= 0.3 is 5.97 Å². The Hall–Kier alpha value is -3.61. The van der Waals surface area contributed by atoms with Gasteiger partial charge in [-0.15, -0.1) is 0 Å². The molecule has 6 heteroatoms. The summed E-state index contributed by atoms with van der Waals surface area (Å²) < 4.78 is 0. The molecule has 0 heterocycles. The smallest absolute Gasteiger partial charge is 0.303 e. The second kappa shape index (κ2) is 7.10. The molecule has 1 aromatic carbocycles. The fraction of sp³-hybridized carbons (Fsp3) is 0.133. The van der Waals surface area contributed by atoms with Crippen molar-refractivity contribution in [3.05, 3.63) is 34.2 Å². The van der Waals surface area contributed by atoms with Gasteiger partial charge in [0.25, 0.3) is 0 Å². The molecule has 21 heavy (non-hydrogen) atoms. The summed E-state index contributed by atoms with van der Waals surface area (Å²) in [6.07, 6.45) is -0.0927. The van der Waals surface area contributed by atoms with Gasteiger partial charge in [0.2, 0.25) is 0 Å². The molecule has 0 spiro atoms. The van der Waals surface area contributed by atoms with E-state index in [-0.39, 0.29) is 24.0 Å². The summed E-state index contributed by atoms with van der Waals surface area (Å²) in [7, 11) is 0. The zero-order valence-electron chi connectivity index (χ0n) is 10.8. The largest absolute Gasteiger partial charge is 0.481 e. The Kier molecular flexibility index (Phi) is 5.22. The third kappa shape index (κ3) is 3.67. The number of carbonyl (C=O) groups is 1. The van der Waals surface area contributed by atoms with Crippen molar-refractivity contribution in [1.82, 2.24) is 0 Å². The van der Waals surface area contributed by atoms with Crippen molar-refractivity contribution >= 4 is 17.1 Å². The third-order valence-corrected chi connectivity index (χ3v) is 2.72. The maximum Gasteiger partial charge on any atom is 0.303 e. The second-order valence-electron chi connectivity index (χ2n) is 3.96. The van der Waals surface area contributed by atoms with E-state index in [4.69, 9.17) is 26.2 Å². The molecule has 6 nitrogen and oxygen atoms in total. The van der Waals surface area contributed by atoms with Crippen LogP contribution in [0.2, 0.25) is 0 Å². The Morgan fingerprint density at radius 2 is 1.57 bits per heavy atom. The Morgan fingerprint density at radius 1 is 1.00 bits per heavy atom. The SMILES string of the molecule is N#CC(C#N)=c1ccc(=C(C#N)C#N)c(CCC(=O)O)c1. The lowest BCUT2D eigenvalue weighted by Gasteiger charge is -2.01. The Bertz CT molecular complexity index is 839. The highest BCUT2D eigenvalue weighted by molar-refractivity contribution is 5.75. The fourth-order valence-electron chi connectivity index (χ4n) is 1.74. The van der Waals surface area contributed by atoms with Crippen molar-refractivity contribution in [3.8, 4) is 24.3 Å². The molecule has 0 saturated carbocycles. The number of aryl methyl sites for hydroxylation is 1. The van der Waals surface area contributed by atoms with Gasteiger partial charge in [0.1, 0.15) is 35.4 Å². The minimum Gasteiger partial charge on any atom is -0.481 e. The maximum absolute atomic E-state index is 10.7. The predicted octanol–water partition coefficient (Wildman–Crippen LogP) is 0.0995. The van der Waals surface area contributed by atoms with Gasteiger partial charge in [0, 0.05) is 16.9 Å². The molecule has 0 unspecified atom stereocenters. The molecular formula is C15H8N4O2. The van der Waals surface area contributed by atoms with Gasteiger partial charge < -0.3 is 5.11 Å². The van der Waals surface area contributed by atoms with Crippen LogP contribution in [0.25, 0.3) is 11.1 Å². The first-order valence-corrected chi connectivity index (χ1v) is 5.77. The van der Waals surface area contributed by atoms with Crippen LogP contribution in [0.3, 0.4) is 0 Å². The molecule has 0 aromatic heterocycles. The summed E-state index contributed by atoms with van der Waals surface area (Å²) in [5, 5.41) is 44.9. The van der Waals surface area contributed by atoms with Crippen LogP contribution in [0.4, 0.5) is 0 Å². The highest BCUT2D eigenvalue weighted by Crippen LogP contribution is 1.99. The molecule has 0 bridgehead atoms. The van der Waals surface area contributed by atoms with E-state index in [1.54, 1.807) is 24.3 Å². The number of carboxylic acid groups (broad SMARTS) is 1. The first-order chi connectivity index (χ1) is 10.1. The summed E-state index contributed by atoms with van der Waals surface area (Å²) in [6, 6.07) is 11.3. The summed E-state index contributed by atoms with van der Waals surface area (Å²) in [6.45, 7) is 0. The number of carboxylic acids is 1. The average molecular weight is 276 g/mol. The third-order valence-electron chi connectivity index (χ3n) is 2.72. The lowest BCUT2D eigenvalue weighted by atomic mass is 10.0. The molecule has 0 radical (unpaired) electrons. The average Bonchev–Trinajstić information content (AvgIpc) is 2.49. The molecule has 0 aliphatic carbocycles. The molecule has 0 atom stereocenters. The Morgan fingerprint density at radius 3 is 2.05 bits per heavy atom. The normalized spacial score (nSPS) is 8.57. The van der Waals surface area contributed by atoms with E-state index < -0.39 is 5.97 Å². The molecule has 0 aliphatic rings. The number of nitriles is 4. The monoisotopic (exact) mass is 276 g/mol. The van der Waals surface area contributed by atoms with Crippen LogP contribution < -0.4 is 10.4 Å². The van der Waals surface area contributed by atoms with Crippen molar-refractivity contribution in [3.63, 3.8) is 0 Å². The summed E-state index contributed by atoms with van der Waals surface area (Å²) >= 11 is 0. The highest BCUT2D eigenvalue weighted by atomic mass is 16.4. The number of nitrogens with zero attached hydrogens (tertiary/aromatic N) is 4. The quantitative estimate of drug-likeness (QED) is 0.832. The number of hydrogen-bond acceptors (Lipinski definition) is 5. The molecule has 0 aliphatic heterocycles. The van der Waals surface area contributed by atoms with Gasteiger partial charge in [-0.25, -0.2) is 0 Å². The Balaban J connectivity index is 3.70. The van der Waals surface area contributed by atoms with E-state index >= 15 is 0 Å². The molecule has 1 aromatic rings. The lowest BCUT2D eigenvalue weighted by molar-refractivity contribution is -0.136. The van der Waals surface area contributed by atoms with Gasteiger partial charge in [0.05, 0.1) is 0 Å². The minimum atomic E-state index is -1.02. The van der Waals surface area contributed by atoms with Crippen LogP contribution in [-0.4, -0.2) is 11.1 Å². The summed E-state index contributed by atoms with van der Waals surface area (Å²) in [5.74, 6) is -1.02. The van der Waals surface area contributed by atoms with E-state index in [0.29, 0.717) is 16.0 Å². The van der Waals surface area contributed by atoms with Crippen LogP contribution in [0, 0.1) is 45.3 Å². The first kappa shape index (κ1) is 15.4. The standard InChI is InChI=1S/C15H8N4O2/c16-6-12(7-17)10-1-3-14(13(8-18)9-19)11(5-10)2-4-15(20)21/h1,3,5H,2,4H2,(H,20,21). The predicted molar refractivity (Wildman–Crippen MR) is 70.9 cm³/mol. The topological polar surface area (TPSA) is 132 Å². The molecule has 100 valence electrons. The van der Waals surface area contributed by atoms with Crippen LogP contribution in [0.1, 0.15) is 12.0 Å². The van der Waals surface area contributed by atoms with Gasteiger partial charge in [-0.1, -0.05) is 12.1 Å². The molecule has 1 rings (SSSR count). The van der Waals surface area contributed by atoms with Crippen LogP contribution in [-0.2, 0) is 11.2 Å². The van der Waals surface area contributed by atoms with Crippen molar-refractivity contribution in [2.24, 2.45) is 0 Å². The molecule has 0 amide bonds. The highest BCUT2D eigenvalue weighted by Gasteiger charge is 2.06.